The molecule has 0 radical (unpaired) electrons. The van der Waals surface area contributed by atoms with Crippen LogP contribution in [0.5, 0.6) is 5.75 Å². The van der Waals surface area contributed by atoms with Gasteiger partial charge in [-0.05, 0) is 36.4 Å². The monoisotopic (exact) mass is 481 g/mol. The average Bonchev–Trinajstić information content (AvgIpc) is 3.36. The fourth-order valence-electron chi connectivity index (χ4n) is 3.52. The topological polar surface area (TPSA) is 128 Å². The lowest BCUT2D eigenvalue weighted by atomic mass is 10.0. The Bertz CT molecular complexity index is 1440. The number of rotatable bonds is 6. The molecular formula is C26H23N7O3. The van der Waals surface area contributed by atoms with Crippen molar-refractivity contribution in [3.05, 3.63) is 85.6 Å². The second-order valence-corrected chi connectivity index (χ2v) is 7.44. The molecule has 0 aliphatic rings. The number of carboxylic acid groups (broad SMARTS) is 1. The first-order valence-electron chi connectivity index (χ1n) is 10.8. The zero-order valence-corrected chi connectivity index (χ0v) is 19.6. The van der Waals surface area contributed by atoms with Crippen molar-refractivity contribution in [2.24, 2.45) is 7.05 Å². The van der Waals surface area contributed by atoms with Crippen molar-refractivity contribution in [3.63, 3.8) is 0 Å². The van der Waals surface area contributed by atoms with Crippen molar-refractivity contribution < 1.29 is 14.6 Å². The SMILES string of the molecule is COc1c(Nc2cccnc2)nc(-c2ccncc2)nc1-c1cccc(-c2ccn(C)n2)c1.O=CO. The molecule has 5 rings (SSSR count). The summed E-state index contributed by atoms with van der Waals surface area (Å²) in [6.07, 6.45) is 8.82. The Hall–Kier alpha value is -5.12. The molecule has 10 nitrogen and oxygen atoms in total. The fraction of sp³-hybridized carbons (Fsp3) is 0.0769. The van der Waals surface area contributed by atoms with Crippen molar-refractivity contribution in [3.8, 4) is 39.7 Å². The number of anilines is 2. The number of ether oxygens (including phenoxy) is 1. The maximum Gasteiger partial charge on any atom is 0.290 e. The third-order valence-corrected chi connectivity index (χ3v) is 5.08. The Morgan fingerprint density at radius 1 is 0.944 bits per heavy atom. The van der Waals surface area contributed by atoms with Gasteiger partial charge < -0.3 is 15.2 Å². The van der Waals surface area contributed by atoms with E-state index in [-0.39, 0.29) is 6.47 Å². The average molecular weight is 482 g/mol. The minimum atomic E-state index is -0.250. The Labute approximate surface area is 207 Å². The summed E-state index contributed by atoms with van der Waals surface area (Å²) >= 11 is 0. The lowest BCUT2D eigenvalue weighted by Gasteiger charge is -2.16. The molecule has 180 valence electrons. The van der Waals surface area contributed by atoms with Crippen molar-refractivity contribution in [2.45, 2.75) is 0 Å². The molecule has 1 aromatic carbocycles. The predicted molar refractivity (Wildman–Crippen MR) is 136 cm³/mol. The normalized spacial score (nSPS) is 10.2. The van der Waals surface area contributed by atoms with E-state index in [0.29, 0.717) is 23.1 Å². The van der Waals surface area contributed by atoms with Gasteiger partial charge in [0.15, 0.2) is 17.4 Å². The maximum atomic E-state index is 8.36. The van der Waals surface area contributed by atoms with E-state index >= 15 is 0 Å². The zero-order chi connectivity index (χ0) is 25.3. The van der Waals surface area contributed by atoms with Crippen LogP contribution in [0.25, 0.3) is 33.9 Å². The zero-order valence-electron chi connectivity index (χ0n) is 19.6. The van der Waals surface area contributed by atoms with Gasteiger partial charge in [-0.1, -0.05) is 18.2 Å². The van der Waals surface area contributed by atoms with Crippen LogP contribution in [0.1, 0.15) is 0 Å². The van der Waals surface area contributed by atoms with E-state index in [1.807, 2.05) is 61.8 Å². The van der Waals surface area contributed by atoms with Crippen LogP contribution in [-0.4, -0.2) is 48.4 Å². The van der Waals surface area contributed by atoms with E-state index in [1.54, 1.807) is 36.6 Å². The van der Waals surface area contributed by atoms with Crippen molar-refractivity contribution in [1.82, 2.24) is 29.7 Å². The number of methoxy groups -OCH3 is 1. The highest BCUT2D eigenvalue weighted by molar-refractivity contribution is 5.80. The van der Waals surface area contributed by atoms with Gasteiger partial charge >= 0.3 is 0 Å². The third kappa shape index (κ3) is 5.50. The van der Waals surface area contributed by atoms with E-state index in [9.17, 15) is 0 Å². The van der Waals surface area contributed by atoms with Crippen molar-refractivity contribution in [1.29, 1.82) is 0 Å². The lowest BCUT2D eigenvalue weighted by molar-refractivity contribution is -0.122. The van der Waals surface area contributed by atoms with Gasteiger partial charge in [0.05, 0.1) is 24.7 Å². The summed E-state index contributed by atoms with van der Waals surface area (Å²) in [5.41, 5.74) is 5.08. The Kier molecular flexibility index (Phi) is 7.57. The number of hydrogen-bond donors (Lipinski definition) is 2. The van der Waals surface area contributed by atoms with Crippen LogP contribution in [0.4, 0.5) is 11.5 Å². The minimum absolute atomic E-state index is 0.250. The van der Waals surface area contributed by atoms with E-state index in [4.69, 9.17) is 24.6 Å². The second-order valence-electron chi connectivity index (χ2n) is 7.44. The van der Waals surface area contributed by atoms with E-state index in [2.05, 4.69) is 26.4 Å². The second kappa shape index (κ2) is 11.3. The van der Waals surface area contributed by atoms with Gasteiger partial charge in [0.1, 0.15) is 5.69 Å². The third-order valence-electron chi connectivity index (χ3n) is 5.08. The van der Waals surface area contributed by atoms with Gasteiger partial charge in [-0.2, -0.15) is 5.10 Å². The Morgan fingerprint density at radius 3 is 2.39 bits per heavy atom. The predicted octanol–water partition coefficient (Wildman–Crippen LogP) is 4.45. The van der Waals surface area contributed by atoms with E-state index in [0.717, 1.165) is 28.1 Å². The molecule has 4 aromatic heterocycles. The molecule has 10 heteroatoms. The van der Waals surface area contributed by atoms with Gasteiger partial charge in [-0.15, -0.1) is 0 Å². The molecule has 0 spiro atoms. The summed E-state index contributed by atoms with van der Waals surface area (Å²) in [6.45, 7) is -0.250. The molecule has 0 unspecified atom stereocenters. The van der Waals surface area contributed by atoms with Crippen molar-refractivity contribution >= 4 is 18.0 Å². The first-order chi connectivity index (χ1) is 17.6. The van der Waals surface area contributed by atoms with Gasteiger partial charge in [0.25, 0.3) is 6.47 Å². The molecule has 36 heavy (non-hydrogen) atoms. The Morgan fingerprint density at radius 2 is 1.72 bits per heavy atom. The van der Waals surface area contributed by atoms with E-state index < -0.39 is 0 Å². The van der Waals surface area contributed by atoms with Gasteiger partial charge in [-0.3, -0.25) is 19.4 Å². The Balaban J connectivity index is 0.000000967. The van der Waals surface area contributed by atoms with Gasteiger partial charge in [0, 0.05) is 48.5 Å². The van der Waals surface area contributed by atoms with Crippen LogP contribution in [0.15, 0.2) is 85.6 Å². The molecular weight excluding hydrogens is 458 g/mol. The number of nitrogens with zero attached hydrogens (tertiary/aromatic N) is 6. The fourth-order valence-corrected chi connectivity index (χ4v) is 3.52. The molecule has 5 aromatic rings. The summed E-state index contributed by atoms with van der Waals surface area (Å²) in [5, 5.41) is 14.7. The molecule has 0 fully saturated rings. The summed E-state index contributed by atoms with van der Waals surface area (Å²) < 4.78 is 7.59. The van der Waals surface area contributed by atoms with E-state index in [1.165, 1.54) is 0 Å². The number of pyridine rings is 2. The summed E-state index contributed by atoms with van der Waals surface area (Å²) in [4.78, 5) is 26.3. The highest BCUT2D eigenvalue weighted by Gasteiger charge is 2.19. The number of aromatic nitrogens is 6. The number of nitrogens with one attached hydrogen (secondary N) is 1. The first-order valence-corrected chi connectivity index (χ1v) is 10.8. The smallest absolute Gasteiger partial charge is 0.290 e. The van der Waals surface area contributed by atoms with Crippen LogP contribution in [0, 0.1) is 0 Å². The highest BCUT2D eigenvalue weighted by atomic mass is 16.5. The maximum absolute atomic E-state index is 8.36. The van der Waals surface area contributed by atoms with Crippen LogP contribution < -0.4 is 10.1 Å². The summed E-state index contributed by atoms with van der Waals surface area (Å²) in [5.74, 6) is 1.64. The first kappa shape index (κ1) is 24.0. The summed E-state index contributed by atoms with van der Waals surface area (Å²) in [6, 6.07) is 17.6. The molecule has 0 aliphatic carbocycles. The van der Waals surface area contributed by atoms with Gasteiger partial charge in [0.2, 0.25) is 0 Å². The quantitative estimate of drug-likeness (QED) is 0.338. The number of benzene rings is 1. The van der Waals surface area contributed by atoms with Crippen LogP contribution in [0.3, 0.4) is 0 Å². The highest BCUT2D eigenvalue weighted by Crippen LogP contribution is 2.38. The molecule has 4 heterocycles. The molecule has 0 saturated heterocycles. The number of hydrogen-bond acceptors (Lipinski definition) is 8. The molecule has 0 atom stereocenters. The largest absolute Gasteiger partial charge is 0.491 e. The van der Waals surface area contributed by atoms with Crippen molar-refractivity contribution in [2.75, 3.05) is 12.4 Å². The molecule has 0 saturated carbocycles. The molecule has 2 N–H and O–H groups in total. The standard InChI is InChI=1S/C25H21N7O.CH2O2/c1-32-14-10-21(31-32)18-5-3-6-19(15-18)22-23(33-2)25(28-20-7-4-11-27-16-20)30-24(29-22)17-8-12-26-13-9-17;2-1-3/h3-16H,1-2H3,(H,28,29,30);1H,(H,2,3). The number of aryl methyl sites for hydroxylation is 1. The lowest BCUT2D eigenvalue weighted by Crippen LogP contribution is -2.04. The summed E-state index contributed by atoms with van der Waals surface area (Å²) in [7, 11) is 3.52. The van der Waals surface area contributed by atoms with Crippen LogP contribution in [-0.2, 0) is 11.8 Å². The number of carbonyl (C=O) groups is 1. The molecule has 0 aliphatic heterocycles. The molecule has 0 amide bonds. The molecule has 0 bridgehead atoms. The van der Waals surface area contributed by atoms with Crippen LogP contribution in [0.2, 0.25) is 0 Å². The van der Waals surface area contributed by atoms with Crippen LogP contribution >= 0.6 is 0 Å². The minimum Gasteiger partial charge on any atom is -0.491 e. The van der Waals surface area contributed by atoms with Gasteiger partial charge in [-0.25, -0.2) is 9.97 Å².